The van der Waals surface area contributed by atoms with Gasteiger partial charge in [0, 0.05) is 85.3 Å². The summed E-state index contributed by atoms with van der Waals surface area (Å²) in [5, 5.41) is 20.1. The maximum absolute atomic E-state index is 8.67. The van der Waals surface area contributed by atoms with E-state index in [2.05, 4.69) is 229 Å². The Balaban J connectivity index is 0.000000128. The molecule has 10 heteroatoms. The summed E-state index contributed by atoms with van der Waals surface area (Å²) >= 11 is 7.16. The quantitative estimate of drug-likeness (QED) is 0.168. The van der Waals surface area contributed by atoms with Gasteiger partial charge in [-0.25, -0.2) is 0 Å². The molecule has 0 bridgehead atoms. The van der Waals surface area contributed by atoms with Crippen LogP contribution in [0.25, 0.3) is 143 Å². The minimum absolute atomic E-state index is 0.510. The molecular formula is C72H44BBr2N2O5. The van der Waals surface area contributed by atoms with E-state index in [0.29, 0.717) is 19.0 Å². The molecule has 5 aromatic heterocycles. The first-order valence-electron chi connectivity index (χ1n) is 26.9. The number of furan rings is 3. The molecule has 1 radical (unpaired) electrons. The smallest absolute Gasteiger partial charge is 0.535 e. The summed E-state index contributed by atoms with van der Waals surface area (Å²) in [4.78, 5) is 0. The Bertz CT molecular complexity index is 5060. The van der Waals surface area contributed by atoms with Crippen LogP contribution in [-0.4, -0.2) is 21.8 Å². The van der Waals surface area contributed by atoms with Crippen molar-refractivity contribution >= 4 is 149 Å². The Labute approximate surface area is 487 Å². The average Bonchev–Trinajstić information content (AvgIpc) is 4.45. The molecule has 0 unspecified atom stereocenters. The molecule has 1 N–H and O–H groups in total. The number of aromatic nitrogens is 2. The minimum Gasteiger partial charge on any atom is -0.535 e. The molecular weight excluding hydrogens is 1140 g/mol. The van der Waals surface area contributed by atoms with E-state index in [4.69, 9.17) is 22.9 Å². The predicted molar refractivity (Wildman–Crippen MR) is 345 cm³/mol. The molecule has 7 nitrogen and oxygen atoms in total. The van der Waals surface area contributed by atoms with E-state index in [1.807, 2.05) is 66.7 Å². The van der Waals surface area contributed by atoms with E-state index in [0.717, 1.165) is 108 Å². The summed E-state index contributed by atoms with van der Waals surface area (Å²) in [5.41, 5.74) is 16.6. The number of hydrogen-bond acceptors (Lipinski definition) is 5. The number of hydrogen-bond donors (Lipinski definition) is 1. The Hall–Kier alpha value is -9.58. The van der Waals surface area contributed by atoms with Crippen molar-refractivity contribution in [3.63, 3.8) is 0 Å². The topological polar surface area (TPSA) is 78.7 Å². The third-order valence-electron chi connectivity index (χ3n) is 15.5. The molecule has 0 amide bonds. The largest absolute Gasteiger partial charge is 0.569 e. The molecule has 389 valence electrons. The van der Waals surface area contributed by atoms with Gasteiger partial charge in [-0.3, -0.25) is 0 Å². The summed E-state index contributed by atoms with van der Waals surface area (Å²) in [6.45, 7) is 0. The first kappa shape index (κ1) is 49.5. The molecule has 0 saturated carbocycles. The van der Waals surface area contributed by atoms with Crippen LogP contribution in [0, 0.1) is 0 Å². The molecule has 17 aromatic rings. The Morgan fingerprint density at radius 3 is 1.11 bits per heavy atom. The second kappa shape index (κ2) is 20.5. The maximum atomic E-state index is 8.67. The lowest BCUT2D eigenvalue weighted by atomic mass is 9.98. The highest BCUT2D eigenvalue weighted by Gasteiger charge is 2.20. The van der Waals surface area contributed by atoms with Crippen molar-refractivity contribution in [2.45, 2.75) is 0 Å². The highest BCUT2D eigenvalue weighted by molar-refractivity contribution is 9.10. The van der Waals surface area contributed by atoms with Gasteiger partial charge >= 0.3 is 7.69 Å². The SMILES string of the molecule is Brc1ccc2c(c1)c1cc(Br)ccc1n2-c1ccccc1.O[B]Oc1cccc2c1oc1ccccc12.c1ccc(-n2c3ccc(-c4cccc5c4oc4ccccc45)cc3c3cc(-c4cccc5c4oc4ccccc45)ccc32)cc1. The van der Waals surface area contributed by atoms with Crippen molar-refractivity contribution < 1.29 is 22.9 Å². The summed E-state index contributed by atoms with van der Waals surface area (Å²) < 4.78 is 30.4. The third-order valence-corrected chi connectivity index (χ3v) is 16.4. The molecule has 0 atom stereocenters. The lowest BCUT2D eigenvalue weighted by molar-refractivity contribution is 0.451. The van der Waals surface area contributed by atoms with E-state index < -0.39 is 0 Å². The fraction of sp³-hybridized carbons (Fsp3) is 0. The molecule has 0 saturated heterocycles. The van der Waals surface area contributed by atoms with Gasteiger partial charge in [-0.15, -0.1) is 0 Å². The van der Waals surface area contributed by atoms with Crippen molar-refractivity contribution in [1.29, 1.82) is 0 Å². The van der Waals surface area contributed by atoms with Gasteiger partial charge in [0.15, 0.2) is 5.58 Å². The van der Waals surface area contributed by atoms with Crippen LogP contribution < -0.4 is 4.65 Å². The van der Waals surface area contributed by atoms with Gasteiger partial charge < -0.3 is 32.1 Å². The van der Waals surface area contributed by atoms with Crippen LogP contribution in [0.1, 0.15) is 0 Å². The van der Waals surface area contributed by atoms with Gasteiger partial charge in [0.1, 0.15) is 33.7 Å². The normalized spacial score (nSPS) is 11.6. The zero-order valence-electron chi connectivity index (χ0n) is 43.6. The summed E-state index contributed by atoms with van der Waals surface area (Å²) in [6, 6.07) is 90.3. The number of para-hydroxylation sites is 8. The minimum atomic E-state index is 0.510. The third kappa shape index (κ3) is 8.45. The second-order valence-electron chi connectivity index (χ2n) is 20.1. The van der Waals surface area contributed by atoms with Gasteiger partial charge in [0.05, 0.1) is 22.1 Å². The highest BCUT2D eigenvalue weighted by Crippen LogP contribution is 2.43. The molecule has 0 aliphatic rings. The lowest BCUT2D eigenvalue weighted by Gasteiger charge is -2.09. The van der Waals surface area contributed by atoms with Crippen LogP contribution in [0.2, 0.25) is 0 Å². The molecule has 12 aromatic carbocycles. The van der Waals surface area contributed by atoms with E-state index in [1.54, 1.807) is 6.07 Å². The van der Waals surface area contributed by atoms with Crippen molar-refractivity contribution in [2.24, 2.45) is 0 Å². The number of fused-ring (bicyclic) bond motifs is 15. The number of halogens is 2. The standard InChI is InChI=1S/C42H25NO2.C18H11Br2N.C12H8BO3/c1-2-10-28(11-3-1)43-37-22-20-26(29-14-8-16-33-31-12-4-6-18-39(31)44-41(29)33)24-35(37)36-25-27(21-23-38(36)43)30-15-9-17-34-32-13-5-7-19-40(32)45-42(30)34;19-12-6-8-17-15(10-12)16-11-13(20)7-9-18(16)21(17)14-4-2-1-3-5-14;14-13-16-11-7-3-5-9-8-4-1-2-6-10(8)15-12(9)11/h1-25H;1-11H;1-7,14H. The van der Waals surface area contributed by atoms with E-state index in [9.17, 15) is 0 Å². The first-order valence-corrected chi connectivity index (χ1v) is 28.5. The monoisotopic (exact) mass is 1190 g/mol. The van der Waals surface area contributed by atoms with Crippen LogP contribution in [0.4, 0.5) is 0 Å². The van der Waals surface area contributed by atoms with Crippen LogP contribution in [-0.2, 0) is 0 Å². The Morgan fingerprint density at radius 1 is 0.317 bits per heavy atom. The highest BCUT2D eigenvalue weighted by atomic mass is 79.9. The summed E-state index contributed by atoms with van der Waals surface area (Å²) in [7, 11) is 0.655. The molecule has 82 heavy (non-hydrogen) atoms. The van der Waals surface area contributed by atoms with Gasteiger partial charge in [0.2, 0.25) is 0 Å². The molecule has 0 aliphatic heterocycles. The molecule has 5 heterocycles. The van der Waals surface area contributed by atoms with Crippen LogP contribution in [0.15, 0.2) is 283 Å². The second-order valence-corrected chi connectivity index (χ2v) is 22.0. The predicted octanol–water partition coefficient (Wildman–Crippen LogP) is 20.7. The van der Waals surface area contributed by atoms with Crippen molar-refractivity contribution in [3.8, 4) is 39.4 Å². The number of benzene rings is 12. The van der Waals surface area contributed by atoms with Crippen LogP contribution in [0.3, 0.4) is 0 Å². The van der Waals surface area contributed by atoms with Gasteiger partial charge in [0.25, 0.3) is 0 Å². The molecule has 17 rings (SSSR count). The molecule has 0 fully saturated rings. The molecule has 0 aliphatic carbocycles. The fourth-order valence-corrected chi connectivity index (χ4v) is 12.6. The first-order chi connectivity index (χ1) is 40.5. The average molecular weight is 1190 g/mol. The maximum Gasteiger partial charge on any atom is 0.569 e. The fourth-order valence-electron chi connectivity index (χ4n) is 11.9. The zero-order chi connectivity index (χ0) is 54.8. The number of rotatable bonds is 6. The summed E-state index contributed by atoms with van der Waals surface area (Å²) in [6.07, 6.45) is 0. The van der Waals surface area contributed by atoms with E-state index in [-0.39, 0.29) is 0 Å². The van der Waals surface area contributed by atoms with Crippen LogP contribution >= 0.6 is 31.9 Å². The van der Waals surface area contributed by atoms with Gasteiger partial charge in [-0.2, -0.15) is 0 Å². The van der Waals surface area contributed by atoms with Crippen molar-refractivity contribution in [2.75, 3.05) is 0 Å². The van der Waals surface area contributed by atoms with Crippen molar-refractivity contribution in [3.05, 3.63) is 270 Å². The van der Waals surface area contributed by atoms with Gasteiger partial charge in [-0.05, 0) is 120 Å². The van der Waals surface area contributed by atoms with Gasteiger partial charge in [-0.1, -0.05) is 184 Å². The summed E-state index contributed by atoms with van der Waals surface area (Å²) in [5.74, 6) is 0.510. The van der Waals surface area contributed by atoms with Crippen molar-refractivity contribution in [1.82, 2.24) is 9.13 Å². The molecule has 0 spiro atoms. The van der Waals surface area contributed by atoms with Crippen LogP contribution in [0.5, 0.6) is 5.75 Å². The zero-order valence-corrected chi connectivity index (χ0v) is 46.8. The lowest BCUT2D eigenvalue weighted by Crippen LogP contribution is -1.99. The van der Waals surface area contributed by atoms with E-state index in [1.165, 1.54) is 38.3 Å². The Morgan fingerprint density at radius 2 is 0.671 bits per heavy atom. The number of nitrogens with zero attached hydrogens (tertiary/aromatic N) is 2. The Kier molecular flexibility index (Phi) is 12.4. The van der Waals surface area contributed by atoms with E-state index >= 15 is 0 Å².